The minimum Gasteiger partial charge on any atom is -0.478 e. The van der Waals surface area contributed by atoms with Gasteiger partial charge in [0.25, 0.3) is 0 Å². The lowest BCUT2D eigenvalue weighted by atomic mass is 10.3. The number of nitrogens with zero attached hydrogens (tertiary/aromatic N) is 2. The van der Waals surface area contributed by atoms with Crippen molar-refractivity contribution >= 4 is 5.97 Å². The Hall–Kier alpha value is -1.39. The first-order valence-corrected chi connectivity index (χ1v) is 3.48. The molecule has 1 aromatic rings. The Morgan fingerprint density at radius 2 is 2.58 bits per heavy atom. The lowest BCUT2D eigenvalue weighted by molar-refractivity contribution is 0.0696. The summed E-state index contributed by atoms with van der Waals surface area (Å²) in [6.45, 7) is 1.07. The number of alkyl halides is 1. The van der Waals surface area contributed by atoms with E-state index in [-0.39, 0.29) is 5.56 Å². The van der Waals surface area contributed by atoms with E-state index in [0.29, 0.717) is 0 Å². The number of carboxylic acid groups (broad SMARTS) is 1. The topological polar surface area (TPSA) is 55.1 Å². The maximum Gasteiger partial charge on any atom is 0.338 e. The van der Waals surface area contributed by atoms with E-state index in [1.807, 2.05) is 0 Å². The molecule has 5 heteroatoms. The van der Waals surface area contributed by atoms with Crippen LogP contribution < -0.4 is 0 Å². The van der Waals surface area contributed by atoms with Crippen LogP contribution in [0.5, 0.6) is 0 Å². The number of carbonyl (C=O) groups is 1. The molecule has 1 atom stereocenters. The molecule has 0 spiro atoms. The third-order valence-electron chi connectivity index (χ3n) is 1.52. The zero-order chi connectivity index (χ0) is 9.14. The van der Waals surface area contributed by atoms with Gasteiger partial charge in [0.15, 0.2) is 0 Å². The maximum atomic E-state index is 12.1. The molecule has 0 fully saturated rings. The normalized spacial score (nSPS) is 12.8. The highest BCUT2D eigenvalue weighted by Gasteiger charge is 2.09. The molecule has 12 heavy (non-hydrogen) atoms. The molecule has 0 saturated carbocycles. The second kappa shape index (κ2) is 3.34. The number of hydrogen-bond acceptors (Lipinski definition) is 2. The minimum absolute atomic E-state index is 0.0790. The molecule has 0 aliphatic heterocycles. The van der Waals surface area contributed by atoms with Crippen LogP contribution in [0.2, 0.25) is 0 Å². The quantitative estimate of drug-likeness (QED) is 0.743. The zero-order valence-corrected chi connectivity index (χ0v) is 6.57. The molecule has 0 radical (unpaired) electrons. The Morgan fingerprint density at radius 3 is 3.00 bits per heavy atom. The molecule has 0 saturated heterocycles. The second-order valence-corrected chi connectivity index (χ2v) is 2.52. The molecule has 0 aliphatic carbocycles. The molecule has 0 bridgehead atoms. The molecule has 0 aromatic carbocycles. The van der Waals surface area contributed by atoms with Crippen LogP contribution in [0.1, 0.15) is 23.3 Å². The van der Waals surface area contributed by atoms with Crippen molar-refractivity contribution in [2.75, 3.05) is 6.67 Å². The molecule has 1 heterocycles. The number of aromatic nitrogens is 2. The number of aromatic carboxylic acids is 1. The summed E-state index contributed by atoms with van der Waals surface area (Å²) in [5.74, 6) is -1.05. The molecular weight excluding hydrogens is 163 g/mol. The van der Waals surface area contributed by atoms with Crippen molar-refractivity contribution in [3.8, 4) is 0 Å². The van der Waals surface area contributed by atoms with E-state index in [1.54, 1.807) is 6.92 Å². The van der Waals surface area contributed by atoms with Crippen molar-refractivity contribution in [2.45, 2.75) is 13.0 Å². The molecule has 1 aromatic heterocycles. The average molecular weight is 172 g/mol. The monoisotopic (exact) mass is 172 g/mol. The lowest BCUT2D eigenvalue weighted by Gasteiger charge is -2.05. The molecule has 4 nitrogen and oxygen atoms in total. The Morgan fingerprint density at radius 1 is 1.92 bits per heavy atom. The van der Waals surface area contributed by atoms with Crippen LogP contribution in [0.25, 0.3) is 0 Å². The van der Waals surface area contributed by atoms with Crippen LogP contribution in [0.3, 0.4) is 0 Å². The van der Waals surface area contributed by atoms with Crippen LogP contribution in [0.15, 0.2) is 12.4 Å². The third-order valence-corrected chi connectivity index (χ3v) is 1.52. The van der Waals surface area contributed by atoms with Gasteiger partial charge < -0.3 is 5.11 Å². The highest BCUT2D eigenvalue weighted by Crippen LogP contribution is 2.06. The van der Waals surface area contributed by atoms with Gasteiger partial charge in [-0.25, -0.2) is 9.18 Å². The highest BCUT2D eigenvalue weighted by molar-refractivity contribution is 5.86. The van der Waals surface area contributed by atoms with Gasteiger partial charge in [0.1, 0.15) is 6.67 Å². The summed E-state index contributed by atoms with van der Waals surface area (Å²) in [7, 11) is 0. The van der Waals surface area contributed by atoms with Crippen LogP contribution in [-0.2, 0) is 0 Å². The van der Waals surface area contributed by atoms with Gasteiger partial charge in [0.2, 0.25) is 0 Å². The Labute approximate surface area is 68.6 Å². The summed E-state index contributed by atoms with van der Waals surface area (Å²) in [5, 5.41) is 12.2. The van der Waals surface area contributed by atoms with Crippen LogP contribution in [-0.4, -0.2) is 27.5 Å². The van der Waals surface area contributed by atoms with Crippen molar-refractivity contribution in [3.05, 3.63) is 18.0 Å². The first-order valence-electron chi connectivity index (χ1n) is 3.48. The van der Waals surface area contributed by atoms with Gasteiger partial charge in [0, 0.05) is 6.20 Å². The zero-order valence-electron chi connectivity index (χ0n) is 6.57. The second-order valence-electron chi connectivity index (χ2n) is 2.52. The van der Waals surface area contributed by atoms with Gasteiger partial charge >= 0.3 is 5.97 Å². The first-order chi connectivity index (χ1) is 5.65. The summed E-state index contributed by atoms with van der Waals surface area (Å²) >= 11 is 0. The number of halogens is 1. The molecule has 1 N–H and O–H groups in total. The minimum atomic E-state index is -1.05. The van der Waals surface area contributed by atoms with Crippen molar-refractivity contribution < 1.29 is 14.3 Å². The first kappa shape index (κ1) is 8.70. The summed E-state index contributed by atoms with van der Waals surface area (Å²) in [4.78, 5) is 10.4. The molecular formula is C7H9FN2O2. The average Bonchev–Trinajstić information content (AvgIpc) is 2.51. The van der Waals surface area contributed by atoms with Gasteiger partial charge in [-0.15, -0.1) is 0 Å². The fourth-order valence-electron chi connectivity index (χ4n) is 0.760. The van der Waals surface area contributed by atoms with E-state index < -0.39 is 18.7 Å². The van der Waals surface area contributed by atoms with Crippen molar-refractivity contribution in [1.82, 2.24) is 9.78 Å². The molecule has 0 aliphatic rings. The van der Waals surface area contributed by atoms with Crippen LogP contribution in [0.4, 0.5) is 4.39 Å². The van der Waals surface area contributed by atoms with E-state index in [0.717, 1.165) is 0 Å². The van der Waals surface area contributed by atoms with Crippen LogP contribution >= 0.6 is 0 Å². The summed E-state index contributed by atoms with van der Waals surface area (Å²) in [6, 6.07) is -0.405. The van der Waals surface area contributed by atoms with Gasteiger partial charge in [-0.2, -0.15) is 5.10 Å². The largest absolute Gasteiger partial charge is 0.478 e. The molecule has 1 unspecified atom stereocenters. The standard InChI is InChI=1S/C7H9FN2O2/c1-5(2-8)10-4-6(3-9-10)7(11)12/h3-5H,2H2,1H3,(H,11,12). The molecule has 1 rings (SSSR count). The number of carboxylic acids is 1. The van der Waals surface area contributed by atoms with Crippen molar-refractivity contribution in [1.29, 1.82) is 0 Å². The molecule has 0 amide bonds. The third kappa shape index (κ3) is 1.61. The Kier molecular flexibility index (Phi) is 2.42. The predicted molar refractivity (Wildman–Crippen MR) is 39.9 cm³/mol. The lowest BCUT2D eigenvalue weighted by Crippen LogP contribution is -2.07. The Bertz CT molecular complexity index is 285. The maximum absolute atomic E-state index is 12.1. The Balaban J connectivity index is 2.84. The fraction of sp³-hybridized carbons (Fsp3) is 0.429. The predicted octanol–water partition coefficient (Wildman–Crippen LogP) is 1.11. The summed E-state index contributed by atoms with van der Waals surface area (Å²) in [6.07, 6.45) is 2.51. The van der Waals surface area contributed by atoms with E-state index >= 15 is 0 Å². The van der Waals surface area contributed by atoms with Gasteiger partial charge in [-0.1, -0.05) is 0 Å². The SMILES string of the molecule is CC(CF)n1cc(C(=O)O)cn1. The summed E-state index contributed by atoms with van der Waals surface area (Å²) in [5.41, 5.74) is 0.0790. The number of rotatable bonds is 3. The van der Waals surface area contributed by atoms with E-state index in [9.17, 15) is 9.18 Å². The van der Waals surface area contributed by atoms with Gasteiger partial charge in [-0.05, 0) is 6.92 Å². The van der Waals surface area contributed by atoms with Crippen LogP contribution in [0, 0.1) is 0 Å². The summed E-state index contributed by atoms with van der Waals surface area (Å²) < 4.78 is 13.4. The molecule has 66 valence electrons. The van der Waals surface area contributed by atoms with Crippen molar-refractivity contribution in [3.63, 3.8) is 0 Å². The van der Waals surface area contributed by atoms with E-state index in [1.165, 1.54) is 17.1 Å². The van der Waals surface area contributed by atoms with Gasteiger partial charge in [-0.3, -0.25) is 4.68 Å². The highest BCUT2D eigenvalue weighted by atomic mass is 19.1. The van der Waals surface area contributed by atoms with Crippen molar-refractivity contribution in [2.24, 2.45) is 0 Å². The van der Waals surface area contributed by atoms with Gasteiger partial charge in [0.05, 0.1) is 17.8 Å². The number of hydrogen-bond donors (Lipinski definition) is 1. The van der Waals surface area contributed by atoms with E-state index in [2.05, 4.69) is 5.10 Å². The fourth-order valence-corrected chi connectivity index (χ4v) is 0.760. The smallest absolute Gasteiger partial charge is 0.338 e. The van der Waals surface area contributed by atoms with E-state index in [4.69, 9.17) is 5.11 Å².